The number of nitrogens with zero attached hydrogens (tertiary/aromatic N) is 2. The molecule has 0 fully saturated rings. The van der Waals surface area contributed by atoms with E-state index in [0.29, 0.717) is 18.9 Å². The van der Waals surface area contributed by atoms with Crippen molar-refractivity contribution in [2.75, 3.05) is 47.4 Å². The molecule has 20 heavy (non-hydrogen) atoms. The molecular formula is C14H30N4O2. The number of amides is 1. The third kappa shape index (κ3) is 10.6. The Balaban J connectivity index is 3.60. The largest absolute Gasteiger partial charge is 0.381 e. The van der Waals surface area contributed by atoms with Crippen molar-refractivity contribution in [3.63, 3.8) is 0 Å². The van der Waals surface area contributed by atoms with Gasteiger partial charge in [0.2, 0.25) is 5.91 Å². The zero-order chi connectivity index (χ0) is 15.4. The number of ether oxygens (including phenoxy) is 1. The highest BCUT2D eigenvalue weighted by atomic mass is 16.5. The molecule has 2 N–H and O–H groups in total. The zero-order valence-corrected chi connectivity index (χ0v) is 13.5. The van der Waals surface area contributed by atoms with Crippen LogP contribution in [0.3, 0.4) is 0 Å². The molecule has 0 saturated heterocycles. The molecule has 1 amide bonds. The molecule has 0 aromatic heterocycles. The topological polar surface area (TPSA) is 66.0 Å². The number of carbonyl (C=O) groups is 1. The monoisotopic (exact) mass is 286 g/mol. The van der Waals surface area contributed by atoms with Crippen LogP contribution in [-0.2, 0) is 9.53 Å². The maximum atomic E-state index is 11.4. The second-order valence-corrected chi connectivity index (χ2v) is 5.29. The maximum Gasteiger partial charge on any atom is 0.223 e. The molecule has 0 aromatic rings. The number of rotatable bonds is 9. The van der Waals surface area contributed by atoms with Crippen molar-refractivity contribution in [1.29, 1.82) is 0 Å². The van der Waals surface area contributed by atoms with Gasteiger partial charge in [-0.15, -0.1) is 0 Å². The summed E-state index contributed by atoms with van der Waals surface area (Å²) in [5, 5.41) is 6.31. The lowest BCUT2D eigenvalue weighted by molar-refractivity contribution is -0.128. The summed E-state index contributed by atoms with van der Waals surface area (Å²) in [5.41, 5.74) is 0. The Morgan fingerprint density at radius 3 is 2.45 bits per heavy atom. The van der Waals surface area contributed by atoms with E-state index in [2.05, 4.69) is 29.5 Å². The first-order valence-corrected chi connectivity index (χ1v) is 7.19. The number of guanidine groups is 1. The van der Waals surface area contributed by atoms with Crippen LogP contribution in [0.4, 0.5) is 0 Å². The lowest BCUT2D eigenvalue weighted by Crippen LogP contribution is -2.39. The minimum absolute atomic E-state index is 0.107. The summed E-state index contributed by atoms with van der Waals surface area (Å²) < 4.78 is 5.50. The van der Waals surface area contributed by atoms with Crippen LogP contribution in [0.2, 0.25) is 0 Å². The first-order chi connectivity index (χ1) is 9.47. The van der Waals surface area contributed by atoms with Gasteiger partial charge in [-0.05, 0) is 12.3 Å². The Morgan fingerprint density at radius 1 is 1.25 bits per heavy atom. The highest BCUT2D eigenvalue weighted by molar-refractivity contribution is 5.81. The van der Waals surface area contributed by atoms with E-state index in [0.717, 1.165) is 32.1 Å². The van der Waals surface area contributed by atoms with Gasteiger partial charge in [0, 0.05) is 53.9 Å². The van der Waals surface area contributed by atoms with Gasteiger partial charge in [-0.1, -0.05) is 13.8 Å². The predicted molar refractivity (Wildman–Crippen MR) is 82.9 cm³/mol. The molecule has 0 saturated carbocycles. The summed E-state index contributed by atoms with van der Waals surface area (Å²) in [6.45, 7) is 7.22. The van der Waals surface area contributed by atoms with Gasteiger partial charge in [-0.3, -0.25) is 9.79 Å². The van der Waals surface area contributed by atoms with Crippen LogP contribution in [0.25, 0.3) is 0 Å². The zero-order valence-electron chi connectivity index (χ0n) is 13.5. The van der Waals surface area contributed by atoms with Crippen molar-refractivity contribution >= 4 is 11.9 Å². The number of carbonyl (C=O) groups excluding carboxylic acids is 1. The van der Waals surface area contributed by atoms with Crippen molar-refractivity contribution in [2.45, 2.75) is 26.7 Å². The lowest BCUT2D eigenvalue weighted by atomic mass is 10.2. The van der Waals surface area contributed by atoms with Crippen LogP contribution >= 0.6 is 0 Å². The molecule has 0 bridgehead atoms. The summed E-state index contributed by atoms with van der Waals surface area (Å²) in [6, 6.07) is 0. The van der Waals surface area contributed by atoms with Gasteiger partial charge in [0.15, 0.2) is 5.96 Å². The fourth-order valence-electron chi connectivity index (χ4n) is 1.43. The molecule has 0 rings (SSSR count). The number of hydrogen-bond acceptors (Lipinski definition) is 3. The second-order valence-electron chi connectivity index (χ2n) is 5.29. The molecule has 118 valence electrons. The lowest BCUT2D eigenvalue weighted by Gasteiger charge is -2.13. The van der Waals surface area contributed by atoms with E-state index in [-0.39, 0.29) is 5.91 Å². The molecule has 0 unspecified atom stereocenters. The molecular weight excluding hydrogens is 256 g/mol. The second kappa shape index (κ2) is 11.5. The van der Waals surface area contributed by atoms with E-state index < -0.39 is 0 Å². The summed E-state index contributed by atoms with van der Waals surface area (Å²) in [5.74, 6) is 1.40. The summed E-state index contributed by atoms with van der Waals surface area (Å²) in [6.07, 6.45) is 1.40. The van der Waals surface area contributed by atoms with Crippen molar-refractivity contribution in [1.82, 2.24) is 15.5 Å². The van der Waals surface area contributed by atoms with Crippen LogP contribution in [0.1, 0.15) is 26.7 Å². The van der Waals surface area contributed by atoms with Crippen LogP contribution in [-0.4, -0.2) is 64.2 Å². The van der Waals surface area contributed by atoms with Crippen molar-refractivity contribution in [3.8, 4) is 0 Å². The number of aliphatic imine (C=N–C) groups is 1. The SMILES string of the molecule is CN=C(NCCCOCC(C)C)NCCC(=O)N(C)C. The molecule has 6 heteroatoms. The molecule has 0 aliphatic carbocycles. The van der Waals surface area contributed by atoms with Crippen LogP contribution < -0.4 is 10.6 Å². The highest BCUT2D eigenvalue weighted by Gasteiger charge is 2.04. The first kappa shape index (κ1) is 18.7. The summed E-state index contributed by atoms with van der Waals surface area (Å²) in [7, 11) is 5.23. The Morgan fingerprint density at radius 2 is 1.90 bits per heavy atom. The molecule has 0 radical (unpaired) electrons. The Bertz CT molecular complexity index is 291. The molecule has 0 aliphatic rings. The molecule has 0 aliphatic heterocycles. The average molecular weight is 286 g/mol. The fourth-order valence-corrected chi connectivity index (χ4v) is 1.43. The van der Waals surface area contributed by atoms with Crippen LogP contribution in [0, 0.1) is 5.92 Å². The standard InChI is InChI=1S/C14H30N4O2/c1-12(2)11-20-10-6-8-16-14(15-3)17-9-7-13(19)18(4)5/h12H,6-11H2,1-5H3,(H2,15,16,17). The van der Waals surface area contributed by atoms with Crippen molar-refractivity contribution in [3.05, 3.63) is 0 Å². The van der Waals surface area contributed by atoms with Gasteiger partial charge in [-0.2, -0.15) is 0 Å². The smallest absolute Gasteiger partial charge is 0.223 e. The van der Waals surface area contributed by atoms with Gasteiger partial charge >= 0.3 is 0 Å². The van der Waals surface area contributed by atoms with Gasteiger partial charge in [0.05, 0.1) is 0 Å². The predicted octanol–water partition coefficient (Wildman–Crippen LogP) is 0.692. The number of hydrogen-bond donors (Lipinski definition) is 2. The average Bonchev–Trinajstić information content (AvgIpc) is 2.39. The molecule has 0 aromatic carbocycles. The summed E-state index contributed by atoms with van der Waals surface area (Å²) >= 11 is 0. The van der Waals surface area contributed by atoms with E-state index in [1.165, 1.54) is 0 Å². The highest BCUT2D eigenvalue weighted by Crippen LogP contribution is 1.92. The van der Waals surface area contributed by atoms with Gasteiger partial charge in [-0.25, -0.2) is 0 Å². The first-order valence-electron chi connectivity index (χ1n) is 7.19. The molecule has 0 heterocycles. The third-order valence-electron chi connectivity index (χ3n) is 2.56. The van der Waals surface area contributed by atoms with E-state index in [9.17, 15) is 4.79 Å². The quantitative estimate of drug-likeness (QED) is 0.372. The van der Waals surface area contributed by atoms with E-state index in [1.54, 1.807) is 26.0 Å². The Hall–Kier alpha value is -1.30. The van der Waals surface area contributed by atoms with Gasteiger partial charge in [0.1, 0.15) is 0 Å². The van der Waals surface area contributed by atoms with Gasteiger partial charge in [0.25, 0.3) is 0 Å². The maximum absolute atomic E-state index is 11.4. The normalized spacial score (nSPS) is 11.6. The van der Waals surface area contributed by atoms with Crippen molar-refractivity contribution < 1.29 is 9.53 Å². The minimum atomic E-state index is 0.107. The molecule has 6 nitrogen and oxygen atoms in total. The van der Waals surface area contributed by atoms with E-state index in [4.69, 9.17) is 4.74 Å². The molecule has 0 spiro atoms. The fraction of sp³-hybridized carbons (Fsp3) is 0.857. The van der Waals surface area contributed by atoms with Crippen LogP contribution in [0.5, 0.6) is 0 Å². The van der Waals surface area contributed by atoms with Gasteiger partial charge < -0.3 is 20.3 Å². The Kier molecular flexibility index (Phi) is 10.8. The summed E-state index contributed by atoms with van der Waals surface area (Å²) in [4.78, 5) is 17.1. The van der Waals surface area contributed by atoms with Crippen LogP contribution in [0.15, 0.2) is 4.99 Å². The van der Waals surface area contributed by atoms with E-state index in [1.807, 2.05) is 0 Å². The van der Waals surface area contributed by atoms with Crippen molar-refractivity contribution in [2.24, 2.45) is 10.9 Å². The van der Waals surface area contributed by atoms with E-state index >= 15 is 0 Å². The minimum Gasteiger partial charge on any atom is -0.381 e. The third-order valence-corrected chi connectivity index (χ3v) is 2.56. The Labute approximate surface area is 123 Å². The number of nitrogens with one attached hydrogen (secondary N) is 2. The molecule has 0 atom stereocenters.